The Hall–Kier alpha value is -1.00. The number of thioether (sulfide) groups is 1. The highest BCUT2D eigenvalue weighted by atomic mass is 32.2. The van der Waals surface area contributed by atoms with E-state index in [1.54, 1.807) is 0 Å². The Morgan fingerprint density at radius 3 is 3.00 bits per heavy atom. The van der Waals surface area contributed by atoms with Crippen LogP contribution in [-0.2, 0) is 11.3 Å². The fraction of sp³-hybridized carbons (Fsp3) is 0.500. The molecule has 1 aromatic rings. The molecule has 2 rings (SSSR count). The lowest BCUT2D eigenvalue weighted by Gasteiger charge is -2.30. The third-order valence-corrected chi connectivity index (χ3v) is 4.28. The molecule has 0 bridgehead atoms. The van der Waals surface area contributed by atoms with E-state index in [1.807, 2.05) is 36.0 Å². The molecule has 1 aromatic carbocycles. The molecule has 1 unspecified atom stereocenters. The van der Waals surface area contributed by atoms with Gasteiger partial charge in [0.15, 0.2) is 0 Å². The summed E-state index contributed by atoms with van der Waals surface area (Å²) in [5, 5.41) is 0.670. The van der Waals surface area contributed by atoms with Crippen LogP contribution < -0.4 is 0 Å². The predicted molar refractivity (Wildman–Crippen MR) is 75.0 cm³/mol. The van der Waals surface area contributed by atoms with Crippen LogP contribution in [0.3, 0.4) is 0 Å². The number of methoxy groups -OCH3 is 1. The van der Waals surface area contributed by atoms with Crippen molar-refractivity contribution in [2.45, 2.75) is 18.7 Å². The number of rotatable bonds is 3. The SMILES string of the molecule is COC(=O)c1ccccc1CN1CCSC(C)C1. The Morgan fingerprint density at radius 2 is 2.28 bits per heavy atom. The van der Waals surface area contributed by atoms with Crippen molar-refractivity contribution in [3.05, 3.63) is 35.4 Å². The highest BCUT2D eigenvalue weighted by Gasteiger charge is 2.19. The monoisotopic (exact) mass is 265 g/mol. The molecule has 1 aliphatic rings. The summed E-state index contributed by atoms with van der Waals surface area (Å²) in [7, 11) is 1.43. The Morgan fingerprint density at radius 1 is 1.50 bits per heavy atom. The van der Waals surface area contributed by atoms with Crippen LogP contribution in [-0.4, -0.2) is 42.1 Å². The van der Waals surface area contributed by atoms with Gasteiger partial charge >= 0.3 is 5.97 Å². The van der Waals surface area contributed by atoms with Crippen LogP contribution in [0, 0.1) is 0 Å². The van der Waals surface area contributed by atoms with Crippen molar-refractivity contribution in [1.82, 2.24) is 4.90 Å². The maximum absolute atomic E-state index is 11.7. The lowest BCUT2D eigenvalue weighted by atomic mass is 10.1. The molecular formula is C14H19NO2S. The van der Waals surface area contributed by atoms with Gasteiger partial charge in [0.05, 0.1) is 12.7 Å². The van der Waals surface area contributed by atoms with Crippen LogP contribution in [0.1, 0.15) is 22.8 Å². The zero-order chi connectivity index (χ0) is 13.0. The summed E-state index contributed by atoms with van der Waals surface area (Å²) in [5.74, 6) is 0.923. The first-order chi connectivity index (χ1) is 8.70. The molecule has 0 N–H and O–H groups in total. The van der Waals surface area contributed by atoms with Crippen LogP contribution in [0.15, 0.2) is 24.3 Å². The number of esters is 1. The van der Waals surface area contributed by atoms with Gasteiger partial charge in [-0.15, -0.1) is 0 Å². The third-order valence-electron chi connectivity index (χ3n) is 3.14. The molecule has 1 fully saturated rings. The fourth-order valence-electron chi connectivity index (χ4n) is 2.24. The van der Waals surface area contributed by atoms with Gasteiger partial charge < -0.3 is 4.74 Å². The second kappa shape index (κ2) is 6.25. The molecule has 18 heavy (non-hydrogen) atoms. The highest BCUT2D eigenvalue weighted by Crippen LogP contribution is 2.21. The molecule has 0 amide bonds. The molecule has 0 radical (unpaired) electrons. The number of hydrogen-bond donors (Lipinski definition) is 0. The van der Waals surface area contributed by atoms with Gasteiger partial charge in [-0.25, -0.2) is 4.79 Å². The average molecular weight is 265 g/mol. The van der Waals surface area contributed by atoms with Gasteiger partial charge in [-0.1, -0.05) is 25.1 Å². The van der Waals surface area contributed by atoms with Gasteiger partial charge in [-0.05, 0) is 11.6 Å². The van der Waals surface area contributed by atoms with Crippen molar-refractivity contribution in [3.63, 3.8) is 0 Å². The zero-order valence-electron chi connectivity index (χ0n) is 10.9. The molecule has 0 spiro atoms. The molecule has 0 saturated carbocycles. The average Bonchev–Trinajstić information content (AvgIpc) is 2.38. The van der Waals surface area contributed by atoms with E-state index in [0.29, 0.717) is 10.8 Å². The summed E-state index contributed by atoms with van der Waals surface area (Å²) in [6.45, 7) is 5.25. The second-order valence-corrected chi connectivity index (χ2v) is 6.11. The van der Waals surface area contributed by atoms with Gasteiger partial charge in [0.25, 0.3) is 0 Å². The normalized spacial score (nSPS) is 20.7. The molecule has 1 atom stereocenters. The number of hydrogen-bond acceptors (Lipinski definition) is 4. The van der Waals surface area contributed by atoms with Gasteiger partial charge in [0, 0.05) is 30.6 Å². The van der Waals surface area contributed by atoms with Crippen molar-refractivity contribution in [2.75, 3.05) is 26.0 Å². The van der Waals surface area contributed by atoms with E-state index in [0.717, 1.165) is 25.2 Å². The van der Waals surface area contributed by atoms with Crippen LogP contribution >= 0.6 is 11.8 Å². The van der Waals surface area contributed by atoms with E-state index in [9.17, 15) is 4.79 Å². The molecule has 98 valence electrons. The van der Waals surface area contributed by atoms with Crippen LogP contribution in [0.5, 0.6) is 0 Å². The zero-order valence-corrected chi connectivity index (χ0v) is 11.7. The van der Waals surface area contributed by atoms with E-state index in [-0.39, 0.29) is 5.97 Å². The maximum atomic E-state index is 11.7. The van der Waals surface area contributed by atoms with E-state index in [2.05, 4.69) is 11.8 Å². The summed E-state index contributed by atoms with van der Waals surface area (Å²) in [6, 6.07) is 7.70. The molecule has 1 saturated heterocycles. The topological polar surface area (TPSA) is 29.5 Å². The van der Waals surface area contributed by atoms with Gasteiger partial charge in [-0.2, -0.15) is 11.8 Å². The number of ether oxygens (including phenoxy) is 1. The molecule has 4 heteroatoms. The minimum atomic E-state index is -0.245. The van der Waals surface area contributed by atoms with Crippen LogP contribution in [0.4, 0.5) is 0 Å². The van der Waals surface area contributed by atoms with Crippen molar-refractivity contribution in [2.24, 2.45) is 0 Å². The van der Waals surface area contributed by atoms with Gasteiger partial charge in [0.1, 0.15) is 0 Å². The largest absolute Gasteiger partial charge is 0.465 e. The summed E-state index contributed by atoms with van der Waals surface area (Å²) in [6.07, 6.45) is 0. The first-order valence-corrected chi connectivity index (χ1v) is 7.25. The number of carbonyl (C=O) groups excluding carboxylic acids is 1. The van der Waals surface area contributed by atoms with Crippen molar-refractivity contribution in [1.29, 1.82) is 0 Å². The maximum Gasteiger partial charge on any atom is 0.338 e. The lowest BCUT2D eigenvalue weighted by Crippen LogP contribution is -2.36. The quantitative estimate of drug-likeness (QED) is 0.785. The van der Waals surface area contributed by atoms with Crippen molar-refractivity contribution in [3.8, 4) is 0 Å². The Labute approximate surface area is 113 Å². The molecule has 1 heterocycles. The Balaban J connectivity index is 2.10. The van der Waals surface area contributed by atoms with Crippen LogP contribution in [0.2, 0.25) is 0 Å². The molecular weight excluding hydrogens is 246 g/mol. The second-order valence-electron chi connectivity index (χ2n) is 4.57. The van der Waals surface area contributed by atoms with Gasteiger partial charge in [-0.3, -0.25) is 4.90 Å². The fourth-order valence-corrected chi connectivity index (χ4v) is 3.32. The molecule has 3 nitrogen and oxygen atoms in total. The van der Waals surface area contributed by atoms with E-state index < -0.39 is 0 Å². The number of benzene rings is 1. The van der Waals surface area contributed by atoms with Crippen molar-refractivity contribution >= 4 is 17.7 Å². The van der Waals surface area contributed by atoms with Gasteiger partial charge in [0.2, 0.25) is 0 Å². The summed E-state index contributed by atoms with van der Waals surface area (Å²) in [4.78, 5) is 14.1. The smallest absolute Gasteiger partial charge is 0.338 e. The molecule has 1 aliphatic heterocycles. The lowest BCUT2D eigenvalue weighted by molar-refractivity contribution is 0.0598. The third kappa shape index (κ3) is 3.27. The Bertz CT molecular complexity index is 422. The van der Waals surface area contributed by atoms with E-state index in [4.69, 9.17) is 4.74 Å². The summed E-state index contributed by atoms with van der Waals surface area (Å²) >= 11 is 2.01. The van der Waals surface area contributed by atoms with Crippen molar-refractivity contribution < 1.29 is 9.53 Å². The highest BCUT2D eigenvalue weighted by molar-refractivity contribution is 7.99. The molecule has 0 aliphatic carbocycles. The summed E-state index contributed by atoms with van der Waals surface area (Å²) in [5.41, 5.74) is 1.74. The number of carbonyl (C=O) groups is 1. The van der Waals surface area contributed by atoms with E-state index >= 15 is 0 Å². The predicted octanol–water partition coefficient (Wildman–Crippen LogP) is 2.41. The minimum Gasteiger partial charge on any atom is -0.465 e. The Kier molecular flexibility index (Phi) is 4.66. The molecule has 0 aromatic heterocycles. The van der Waals surface area contributed by atoms with Crippen LogP contribution in [0.25, 0.3) is 0 Å². The van der Waals surface area contributed by atoms with E-state index in [1.165, 1.54) is 12.9 Å². The first-order valence-electron chi connectivity index (χ1n) is 6.21. The standard InChI is InChI=1S/C14H19NO2S/c1-11-9-15(7-8-18-11)10-12-5-3-4-6-13(12)14(16)17-2/h3-6,11H,7-10H2,1-2H3. The number of nitrogens with zero attached hydrogens (tertiary/aromatic N) is 1. The summed E-state index contributed by atoms with van der Waals surface area (Å²) < 4.78 is 4.83. The first kappa shape index (κ1) is 13.4. The minimum absolute atomic E-state index is 0.245.